The number of allylic oxidation sites excluding steroid dienone is 1. The summed E-state index contributed by atoms with van der Waals surface area (Å²) >= 11 is 14.1. The minimum absolute atomic E-state index is 0.210. The van der Waals surface area contributed by atoms with E-state index >= 15 is 0 Å². The Bertz CT molecular complexity index is 1790. The minimum atomic E-state index is -0.685. The monoisotopic (exact) mass is 592 g/mol. The second kappa shape index (κ2) is 11.8. The molecule has 3 aromatic carbocycles. The average Bonchev–Trinajstić information content (AvgIpc) is 3.22. The Morgan fingerprint density at radius 3 is 2.50 bits per heavy atom. The van der Waals surface area contributed by atoms with Gasteiger partial charge in [-0.25, -0.2) is 9.79 Å². The topological polar surface area (TPSA) is 69.9 Å². The number of aryl methyl sites for hydroxylation is 1. The number of esters is 1. The third-order valence-corrected chi connectivity index (χ3v) is 7.94. The van der Waals surface area contributed by atoms with Gasteiger partial charge in [-0.05, 0) is 50.1 Å². The van der Waals surface area contributed by atoms with Crippen molar-refractivity contribution in [1.29, 1.82) is 0 Å². The molecule has 204 valence electrons. The van der Waals surface area contributed by atoms with Gasteiger partial charge in [-0.15, -0.1) is 0 Å². The number of hydrogen-bond acceptors (Lipinski definition) is 6. The number of rotatable bonds is 7. The number of carbonyl (C=O) groups excluding carboxylic acids is 1. The van der Waals surface area contributed by atoms with Crippen molar-refractivity contribution in [3.05, 3.63) is 130 Å². The van der Waals surface area contributed by atoms with E-state index in [2.05, 4.69) is 4.99 Å². The summed E-state index contributed by atoms with van der Waals surface area (Å²) in [5, 5.41) is 0.745. The van der Waals surface area contributed by atoms with Crippen molar-refractivity contribution in [2.45, 2.75) is 33.4 Å². The first-order valence-corrected chi connectivity index (χ1v) is 14.3. The fourth-order valence-corrected chi connectivity index (χ4v) is 6.17. The largest absolute Gasteiger partial charge is 0.487 e. The lowest BCUT2D eigenvalue weighted by atomic mass is 9.95. The Morgan fingerprint density at radius 2 is 1.80 bits per heavy atom. The van der Waals surface area contributed by atoms with E-state index in [0.29, 0.717) is 48.6 Å². The van der Waals surface area contributed by atoms with Crippen molar-refractivity contribution in [3.8, 4) is 5.75 Å². The highest BCUT2D eigenvalue weighted by molar-refractivity contribution is 7.07. The Balaban J connectivity index is 1.65. The SMILES string of the molecule is CCOC(=O)C1=C(C)N=c2s/c(=C\c3cc(Cl)cc(Cl)c3OCc3ccccc3)c(=O)n2[C@@H]1c1ccc(C)cc1. The van der Waals surface area contributed by atoms with Crippen molar-refractivity contribution in [2.75, 3.05) is 6.61 Å². The molecule has 1 aliphatic heterocycles. The Hall–Kier alpha value is -3.65. The van der Waals surface area contributed by atoms with Gasteiger partial charge in [0.2, 0.25) is 0 Å². The van der Waals surface area contributed by atoms with Crippen LogP contribution in [-0.4, -0.2) is 17.1 Å². The summed E-state index contributed by atoms with van der Waals surface area (Å²) in [6.07, 6.45) is 1.71. The lowest BCUT2D eigenvalue weighted by molar-refractivity contribution is -0.139. The van der Waals surface area contributed by atoms with Gasteiger partial charge in [0.1, 0.15) is 12.4 Å². The van der Waals surface area contributed by atoms with Gasteiger partial charge in [0, 0.05) is 10.6 Å². The summed E-state index contributed by atoms with van der Waals surface area (Å²) in [5.41, 5.74) is 3.93. The molecule has 0 amide bonds. The summed E-state index contributed by atoms with van der Waals surface area (Å²) in [5.74, 6) is -0.0824. The van der Waals surface area contributed by atoms with Crippen molar-refractivity contribution in [1.82, 2.24) is 4.57 Å². The van der Waals surface area contributed by atoms with Gasteiger partial charge < -0.3 is 9.47 Å². The van der Waals surface area contributed by atoms with Crippen LogP contribution in [0, 0.1) is 6.92 Å². The third kappa shape index (κ3) is 5.63. The van der Waals surface area contributed by atoms with Gasteiger partial charge in [0.05, 0.1) is 33.5 Å². The number of fused-ring (bicyclic) bond motifs is 1. The van der Waals surface area contributed by atoms with Gasteiger partial charge in [0.25, 0.3) is 5.56 Å². The molecule has 0 saturated carbocycles. The maximum atomic E-state index is 14.0. The highest BCUT2D eigenvalue weighted by Crippen LogP contribution is 2.34. The van der Waals surface area contributed by atoms with Crippen molar-refractivity contribution < 1.29 is 14.3 Å². The van der Waals surface area contributed by atoms with E-state index in [4.69, 9.17) is 32.7 Å². The van der Waals surface area contributed by atoms with Crippen LogP contribution in [-0.2, 0) is 16.1 Å². The molecule has 0 aliphatic carbocycles. The van der Waals surface area contributed by atoms with Crippen LogP contribution < -0.4 is 19.6 Å². The molecule has 40 heavy (non-hydrogen) atoms. The number of ether oxygens (including phenoxy) is 2. The van der Waals surface area contributed by atoms with Crippen molar-refractivity contribution in [2.24, 2.45) is 4.99 Å². The molecule has 0 saturated heterocycles. The molecule has 6 nitrogen and oxygen atoms in total. The fourth-order valence-electron chi connectivity index (χ4n) is 4.57. The van der Waals surface area contributed by atoms with Crippen LogP contribution >= 0.6 is 34.5 Å². The highest BCUT2D eigenvalue weighted by Gasteiger charge is 2.33. The van der Waals surface area contributed by atoms with E-state index in [1.54, 1.807) is 36.6 Å². The number of thiazole rings is 1. The van der Waals surface area contributed by atoms with Crippen LogP contribution in [0.15, 0.2) is 87.8 Å². The Labute approximate surface area is 245 Å². The van der Waals surface area contributed by atoms with Crippen LogP contribution in [0.25, 0.3) is 6.08 Å². The summed E-state index contributed by atoms with van der Waals surface area (Å²) in [7, 11) is 0. The standard InChI is InChI=1S/C31H26Cl2N2O4S/c1-4-38-30(37)26-19(3)34-31-35(27(26)21-12-10-18(2)11-13-21)29(36)25(40-31)15-22-14-23(32)16-24(33)28(22)39-17-20-8-6-5-7-9-20/h5-16,27H,4,17H2,1-3H3/b25-15-/t27-/m1/s1. The lowest BCUT2D eigenvalue weighted by Gasteiger charge is -2.24. The van der Waals surface area contributed by atoms with Crippen LogP contribution in [0.1, 0.15) is 42.1 Å². The normalized spacial score (nSPS) is 15.0. The maximum absolute atomic E-state index is 14.0. The quantitative estimate of drug-likeness (QED) is 0.247. The number of halogens is 2. The molecule has 5 rings (SSSR count). The molecule has 1 aliphatic rings. The average molecular weight is 594 g/mol. The molecule has 0 unspecified atom stereocenters. The first kappa shape index (κ1) is 27.9. The molecular weight excluding hydrogens is 567 g/mol. The van der Waals surface area contributed by atoms with Crippen LogP contribution in [0.3, 0.4) is 0 Å². The molecule has 0 bridgehead atoms. The number of nitrogens with zero attached hydrogens (tertiary/aromatic N) is 2. The predicted molar refractivity (Wildman–Crippen MR) is 159 cm³/mol. The van der Waals surface area contributed by atoms with Crippen molar-refractivity contribution >= 4 is 46.6 Å². The number of hydrogen-bond donors (Lipinski definition) is 0. The molecule has 2 heterocycles. The second-order valence-electron chi connectivity index (χ2n) is 9.29. The second-order valence-corrected chi connectivity index (χ2v) is 11.1. The van der Waals surface area contributed by atoms with Crippen LogP contribution in [0.5, 0.6) is 5.75 Å². The van der Waals surface area contributed by atoms with E-state index in [0.717, 1.165) is 16.7 Å². The van der Waals surface area contributed by atoms with Crippen LogP contribution in [0.4, 0.5) is 0 Å². The first-order valence-electron chi connectivity index (χ1n) is 12.7. The summed E-state index contributed by atoms with van der Waals surface area (Å²) in [6.45, 7) is 5.99. The fraction of sp³-hybridized carbons (Fsp3) is 0.194. The van der Waals surface area contributed by atoms with Gasteiger partial charge in [0.15, 0.2) is 4.80 Å². The number of carbonyl (C=O) groups is 1. The smallest absolute Gasteiger partial charge is 0.338 e. The van der Waals surface area contributed by atoms with Crippen LogP contribution in [0.2, 0.25) is 10.0 Å². The number of benzene rings is 3. The molecule has 1 atom stereocenters. The minimum Gasteiger partial charge on any atom is -0.487 e. The van der Waals surface area contributed by atoms with Gasteiger partial charge in [-0.3, -0.25) is 9.36 Å². The zero-order valence-electron chi connectivity index (χ0n) is 22.1. The zero-order valence-corrected chi connectivity index (χ0v) is 24.4. The van der Waals surface area contributed by atoms with Crippen molar-refractivity contribution in [3.63, 3.8) is 0 Å². The Kier molecular flexibility index (Phi) is 8.26. The zero-order chi connectivity index (χ0) is 28.4. The first-order chi connectivity index (χ1) is 19.3. The van der Waals surface area contributed by atoms with Gasteiger partial charge >= 0.3 is 5.97 Å². The summed E-state index contributed by atoms with van der Waals surface area (Å²) in [6, 6.07) is 20.1. The molecular formula is C31H26Cl2N2O4S. The highest BCUT2D eigenvalue weighted by atomic mass is 35.5. The van der Waals surface area contributed by atoms with Gasteiger partial charge in [-0.2, -0.15) is 0 Å². The van der Waals surface area contributed by atoms with E-state index < -0.39 is 12.0 Å². The molecule has 0 N–H and O–H groups in total. The van der Waals surface area contributed by atoms with E-state index in [9.17, 15) is 9.59 Å². The lowest BCUT2D eigenvalue weighted by Crippen LogP contribution is -2.39. The van der Waals surface area contributed by atoms with E-state index in [-0.39, 0.29) is 12.2 Å². The molecule has 9 heteroatoms. The predicted octanol–water partition coefficient (Wildman–Crippen LogP) is 5.99. The third-order valence-electron chi connectivity index (χ3n) is 6.46. The molecule has 0 fully saturated rings. The van der Waals surface area contributed by atoms with E-state index in [1.807, 2.05) is 61.5 Å². The van der Waals surface area contributed by atoms with E-state index in [1.165, 1.54) is 11.3 Å². The summed E-state index contributed by atoms with van der Waals surface area (Å²) < 4.78 is 13.4. The summed E-state index contributed by atoms with van der Waals surface area (Å²) in [4.78, 5) is 32.2. The Morgan fingerprint density at radius 1 is 1.07 bits per heavy atom. The molecule has 1 aromatic heterocycles. The molecule has 0 radical (unpaired) electrons. The maximum Gasteiger partial charge on any atom is 0.338 e. The molecule has 0 spiro atoms. The van der Waals surface area contributed by atoms with Gasteiger partial charge in [-0.1, -0.05) is 94.7 Å². The molecule has 4 aromatic rings. The number of aromatic nitrogens is 1.